The fourth-order valence-corrected chi connectivity index (χ4v) is 2.60. The first-order valence-corrected chi connectivity index (χ1v) is 6.79. The van der Waals surface area contributed by atoms with Crippen LogP contribution < -0.4 is 0 Å². The second-order valence-corrected chi connectivity index (χ2v) is 5.74. The van der Waals surface area contributed by atoms with E-state index in [1.165, 1.54) is 12.8 Å². The molecule has 2 heteroatoms. The highest BCUT2D eigenvalue weighted by molar-refractivity contribution is 5.87. The summed E-state index contributed by atoms with van der Waals surface area (Å²) in [7, 11) is 0. The van der Waals surface area contributed by atoms with Gasteiger partial charge in [-0.25, -0.2) is 4.79 Å². The average molecular weight is 238 g/mol. The van der Waals surface area contributed by atoms with Crippen molar-refractivity contribution in [1.82, 2.24) is 0 Å². The molecule has 0 aromatic rings. The first-order chi connectivity index (χ1) is 7.95. The van der Waals surface area contributed by atoms with Crippen LogP contribution in [0.3, 0.4) is 0 Å². The van der Waals surface area contributed by atoms with E-state index >= 15 is 0 Å². The van der Waals surface area contributed by atoms with Gasteiger partial charge in [0.25, 0.3) is 0 Å². The Morgan fingerprint density at radius 3 is 2.53 bits per heavy atom. The maximum absolute atomic E-state index is 11.8. The first kappa shape index (κ1) is 14.3. The van der Waals surface area contributed by atoms with Gasteiger partial charge in [0.1, 0.15) is 6.10 Å². The minimum Gasteiger partial charge on any atom is -0.459 e. The lowest BCUT2D eigenvalue weighted by Gasteiger charge is -2.36. The van der Waals surface area contributed by atoms with Crippen LogP contribution in [-0.2, 0) is 9.53 Å². The van der Waals surface area contributed by atoms with E-state index in [1.807, 2.05) is 19.9 Å². The number of ether oxygens (including phenoxy) is 1. The molecule has 3 atom stereocenters. The summed E-state index contributed by atoms with van der Waals surface area (Å²) in [4.78, 5) is 11.8. The second-order valence-electron chi connectivity index (χ2n) is 5.74. The Hall–Kier alpha value is -0.790. The topological polar surface area (TPSA) is 26.3 Å². The predicted octanol–water partition coefficient (Wildman–Crippen LogP) is 3.96. The van der Waals surface area contributed by atoms with Crippen molar-refractivity contribution in [1.29, 1.82) is 0 Å². The molecule has 0 saturated heterocycles. The molecule has 1 fully saturated rings. The van der Waals surface area contributed by atoms with Crippen LogP contribution in [0.4, 0.5) is 0 Å². The van der Waals surface area contributed by atoms with E-state index < -0.39 is 0 Å². The third-order valence-corrected chi connectivity index (χ3v) is 3.97. The summed E-state index contributed by atoms with van der Waals surface area (Å²) in [6.45, 7) is 10.4. The number of hydrogen-bond acceptors (Lipinski definition) is 2. The van der Waals surface area contributed by atoms with Gasteiger partial charge in [-0.2, -0.15) is 0 Å². The van der Waals surface area contributed by atoms with Crippen LogP contribution in [0.2, 0.25) is 0 Å². The molecule has 0 bridgehead atoms. The molecule has 1 saturated carbocycles. The van der Waals surface area contributed by atoms with Gasteiger partial charge in [-0.1, -0.05) is 33.3 Å². The fourth-order valence-electron chi connectivity index (χ4n) is 2.60. The van der Waals surface area contributed by atoms with Gasteiger partial charge in [-0.3, -0.25) is 0 Å². The number of esters is 1. The summed E-state index contributed by atoms with van der Waals surface area (Å²) in [5.74, 6) is 1.65. The van der Waals surface area contributed by atoms with E-state index in [0.29, 0.717) is 23.3 Å². The standard InChI is InChI=1S/C15H26O2/c1-6-12(5)15(16)17-14-9-11(4)7-8-13(14)10(2)3/h6,10-11,13-14H,7-9H2,1-5H3/b12-6-/t11-,13+,14-/m1/s1. The molecule has 1 aliphatic carbocycles. The maximum Gasteiger partial charge on any atom is 0.333 e. The zero-order chi connectivity index (χ0) is 13.0. The van der Waals surface area contributed by atoms with Gasteiger partial charge in [-0.05, 0) is 44.4 Å². The lowest BCUT2D eigenvalue weighted by molar-refractivity contribution is -0.151. The molecule has 0 spiro atoms. The minimum absolute atomic E-state index is 0.112. The fraction of sp³-hybridized carbons (Fsp3) is 0.800. The van der Waals surface area contributed by atoms with Gasteiger partial charge >= 0.3 is 5.97 Å². The molecule has 0 unspecified atom stereocenters. The molecule has 0 aromatic carbocycles. The predicted molar refractivity (Wildman–Crippen MR) is 70.7 cm³/mol. The average Bonchev–Trinajstić information content (AvgIpc) is 2.27. The van der Waals surface area contributed by atoms with Gasteiger partial charge in [0.2, 0.25) is 0 Å². The Labute approximate surface area is 105 Å². The van der Waals surface area contributed by atoms with Crippen LogP contribution in [0.25, 0.3) is 0 Å². The van der Waals surface area contributed by atoms with E-state index in [1.54, 1.807) is 0 Å². The maximum atomic E-state index is 11.8. The number of allylic oxidation sites excluding steroid dienone is 1. The Morgan fingerprint density at radius 1 is 1.35 bits per heavy atom. The summed E-state index contributed by atoms with van der Waals surface area (Å²) in [5, 5.41) is 0. The summed E-state index contributed by atoms with van der Waals surface area (Å²) < 4.78 is 5.68. The highest BCUT2D eigenvalue weighted by Gasteiger charge is 2.33. The Bertz CT molecular complexity index is 291. The smallest absolute Gasteiger partial charge is 0.333 e. The van der Waals surface area contributed by atoms with Crippen molar-refractivity contribution in [2.24, 2.45) is 17.8 Å². The van der Waals surface area contributed by atoms with E-state index in [9.17, 15) is 4.79 Å². The summed E-state index contributed by atoms with van der Waals surface area (Å²) in [6.07, 6.45) is 5.40. The normalized spacial score (nSPS) is 30.5. The lowest BCUT2D eigenvalue weighted by Crippen LogP contribution is -2.36. The third kappa shape index (κ3) is 3.86. The SMILES string of the molecule is C/C=C(/C)C(=O)O[C@@H]1C[C@H](C)CC[C@H]1C(C)C. The molecular weight excluding hydrogens is 212 g/mol. The minimum atomic E-state index is -0.141. The highest BCUT2D eigenvalue weighted by Crippen LogP contribution is 2.35. The molecule has 0 N–H and O–H groups in total. The Morgan fingerprint density at radius 2 is 2.00 bits per heavy atom. The third-order valence-electron chi connectivity index (χ3n) is 3.97. The first-order valence-electron chi connectivity index (χ1n) is 6.79. The van der Waals surface area contributed by atoms with Crippen LogP contribution in [0.5, 0.6) is 0 Å². The molecule has 1 rings (SSSR count). The molecule has 2 nitrogen and oxygen atoms in total. The highest BCUT2D eigenvalue weighted by atomic mass is 16.5. The van der Waals surface area contributed by atoms with E-state index in [-0.39, 0.29) is 12.1 Å². The zero-order valence-corrected chi connectivity index (χ0v) is 11.8. The van der Waals surface area contributed by atoms with Gasteiger partial charge in [-0.15, -0.1) is 0 Å². The lowest BCUT2D eigenvalue weighted by atomic mass is 9.75. The molecule has 17 heavy (non-hydrogen) atoms. The molecule has 1 aliphatic rings. The second kappa shape index (κ2) is 6.23. The Balaban J connectivity index is 2.67. The van der Waals surface area contributed by atoms with Gasteiger partial charge in [0.05, 0.1) is 0 Å². The quantitative estimate of drug-likeness (QED) is 0.549. The summed E-state index contributed by atoms with van der Waals surface area (Å²) in [6, 6.07) is 0. The molecule has 0 radical (unpaired) electrons. The van der Waals surface area contributed by atoms with Crippen molar-refractivity contribution in [3.63, 3.8) is 0 Å². The molecule has 0 heterocycles. The van der Waals surface area contributed by atoms with Crippen LogP contribution in [0, 0.1) is 17.8 Å². The van der Waals surface area contributed by atoms with Gasteiger partial charge in [0.15, 0.2) is 0 Å². The number of hydrogen-bond donors (Lipinski definition) is 0. The van der Waals surface area contributed by atoms with Crippen molar-refractivity contribution in [3.05, 3.63) is 11.6 Å². The zero-order valence-electron chi connectivity index (χ0n) is 11.8. The largest absolute Gasteiger partial charge is 0.459 e. The molecule has 0 aliphatic heterocycles. The number of rotatable bonds is 3. The van der Waals surface area contributed by atoms with Crippen LogP contribution in [0.1, 0.15) is 53.9 Å². The van der Waals surface area contributed by atoms with Crippen LogP contribution in [-0.4, -0.2) is 12.1 Å². The van der Waals surface area contributed by atoms with E-state index in [4.69, 9.17) is 4.74 Å². The summed E-state index contributed by atoms with van der Waals surface area (Å²) in [5.41, 5.74) is 0.714. The molecule has 98 valence electrons. The molecule has 0 amide bonds. The van der Waals surface area contributed by atoms with Crippen molar-refractivity contribution in [3.8, 4) is 0 Å². The van der Waals surface area contributed by atoms with E-state index in [2.05, 4.69) is 20.8 Å². The van der Waals surface area contributed by atoms with Crippen molar-refractivity contribution in [2.45, 2.75) is 60.0 Å². The van der Waals surface area contributed by atoms with Crippen LogP contribution in [0.15, 0.2) is 11.6 Å². The van der Waals surface area contributed by atoms with Gasteiger partial charge in [0, 0.05) is 5.57 Å². The molecule has 0 aromatic heterocycles. The van der Waals surface area contributed by atoms with Crippen molar-refractivity contribution >= 4 is 5.97 Å². The number of carbonyl (C=O) groups is 1. The Kier molecular flexibility index (Phi) is 5.23. The number of carbonyl (C=O) groups excluding carboxylic acids is 1. The van der Waals surface area contributed by atoms with Crippen LogP contribution >= 0.6 is 0 Å². The van der Waals surface area contributed by atoms with Crippen molar-refractivity contribution < 1.29 is 9.53 Å². The van der Waals surface area contributed by atoms with Crippen molar-refractivity contribution in [2.75, 3.05) is 0 Å². The monoisotopic (exact) mass is 238 g/mol. The van der Waals surface area contributed by atoms with E-state index in [0.717, 1.165) is 6.42 Å². The molecular formula is C15H26O2. The summed E-state index contributed by atoms with van der Waals surface area (Å²) >= 11 is 0. The van der Waals surface area contributed by atoms with Gasteiger partial charge < -0.3 is 4.74 Å².